The van der Waals surface area contributed by atoms with Gasteiger partial charge in [0.05, 0.1) is 12.8 Å². The van der Waals surface area contributed by atoms with Crippen LogP contribution in [0.15, 0.2) is 22.7 Å². The average Bonchev–Trinajstić information content (AvgIpc) is 2.88. The molecular weight excluding hydrogens is 344 g/mol. The van der Waals surface area contributed by atoms with Crippen LogP contribution in [0.1, 0.15) is 16.7 Å². The summed E-state index contributed by atoms with van der Waals surface area (Å²) in [6.07, 6.45) is 0. The molecule has 1 amide bonds. The second-order valence-corrected chi connectivity index (χ2v) is 5.63. The highest BCUT2D eigenvalue weighted by Crippen LogP contribution is 2.28. The van der Waals surface area contributed by atoms with Gasteiger partial charge >= 0.3 is 0 Å². The summed E-state index contributed by atoms with van der Waals surface area (Å²) in [4.78, 5) is 12.1. The van der Waals surface area contributed by atoms with Crippen molar-refractivity contribution in [3.8, 4) is 5.75 Å². The maximum Gasteiger partial charge on any atom is 0.286 e. The Balaban J connectivity index is 2.16. The first kappa shape index (κ1) is 14.7. The van der Waals surface area contributed by atoms with Gasteiger partial charge in [0.1, 0.15) is 5.75 Å². The Morgan fingerprint density at radius 3 is 2.95 bits per heavy atom. The molecule has 0 aliphatic carbocycles. The summed E-state index contributed by atoms with van der Waals surface area (Å²) in [5.74, 6) is 0.265. The van der Waals surface area contributed by atoms with Crippen molar-refractivity contribution < 1.29 is 9.53 Å². The molecule has 0 aliphatic heterocycles. The molecule has 0 saturated heterocycles. The minimum atomic E-state index is -0.317. The molecule has 1 aromatic heterocycles. The van der Waals surface area contributed by atoms with Gasteiger partial charge in [0.15, 0.2) is 0 Å². The zero-order valence-electron chi connectivity index (χ0n) is 10.9. The van der Waals surface area contributed by atoms with Crippen LogP contribution in [0.2, 0.25) is 0 Å². The molecule has 0 bridgehead atoms. The molecule has 2 aromatic rings. The molecular formula is C12H13BrN4O2S. The molecule has 0 radical (unpaired) electrons. The van der Waals surface area contributed by atoms with Gasteiger partial charge < -0.3 is 15.4 Å². The number of hydrogen-bond donors (Lipinski definition) is 2. The van der Waals surface area contributed by atoms with Crippen molar-refractivity contribution in [2.75, 3.05) is 24.3 Å². The van der Waals surface area contributed by atoms with Gasteiger partial charge in [-0.25, -0.2) is 0 Å². The molecule has 0 aliphatic rings. The summed E-state index contributed by atoms with van der Waals surface area (Å²) in [6.45, 7) is 2.68. The van der Waals surface area contributed by atoms with Crippen LogP contribution in [0.3, 0.4) is 0 Å². The molecule has 0 spiro atoms. The largest absolute Gasteiger partial charge is 0.495 e. The first-order chi connectivity index (χ1) is 9.63. The Hall–Kier alpha value is -1.67. The molecule has 0 saturated carbocycles. The van der Waals surface area contributed by atoms with Crippen molar-refractivity contribution in [1.82, 2.24) is 10.2 Å². The van der Waals surface area contributed by atoms with E-state index in [-0.39, 0.29) is 5.91 Å². The Morgan fingerprint density at radius 1 is 1.45 bits per heavy atom. The van der Waals surface area contributed by atoms with E-state index >= 15 is 0 Å². The molecule has 106 valence electrons. The zero-order chi connectivity index (χ0) is 14.5. The topological polar surface area (TPSA) is 76.1 Å². The van der Waals surface area contributed by atoms with Gasteiger partial charge in [0.2, 0.25) is 10.1 Å². The second kappa shape index (κ2) is 6.67. The van der Waals surface area contributed by atoms with E-state index in [1.54, 1.807) is 19.2 Å². The fourth-order valence-electron chi connectivity index (χ4n) is 1.49. The third kappa shape index (κ3) is 3.45. The van der Waals surface area contributed by atoms with E-state index in [2.05, 4.69) is 36.8 Å². The van der Waals surface area contributed by atoms with E-state index in [0.717, 1.165) is 11.0 Å². The number of carbonyl (C=O) groups is 1. The van der Waals surface area contributed by atoms with Crippen LogP contribution < -0.4 is 15.4 Å². The lowest BCUT2D eigenvalue weighted by atomic mass is 10.3. The van der Waals surface area contributed by atoms with Crippen molar-refractivity contribution in [1.29, 1.82) is 0 Å². The lowest BCUT2D eigenvalue weighted by Gasteiger charge is -2.09. The summed E-state index contributed by atoms with van der Waals surface area (Å²) in [5, 5.41) is 14.4. The van der Waals surface area contributed by atoms with E-state index < -0.39 is 0 Å². The lowest BCUT2D eigenvalue weighted by Crippen LogP contribution is -2.12. The normalized spacial score (nSPS) is 10.2. The fourth-order valence-corrected chi connectivity index (χ4v) is 2.56. The molecule has 6 nitrogen and oxygen atoms in total. The molecule has 0 atom stereocenters. The number of anilines is 2. The van der Waals surface area contributed by atoms with Crippen LogP contribution in [0, 0.1) is 0 Å². The standard InChI is InChI=1S/C12H13BrN4O2S/c1-3-14-12-17-16-11(20-12)10(18)15-8-6-7(13)4-5-9(8)19-2/h4-6H,3H2,1-2H3,(H,14,17)(H,15,18). The van der Waals surface area contributed by atoms with Crippen LogP contribution >= 0.6 is 27.3 Å². The quantitative estimate of drug-likeness (QED) is 0.860. The molecule has 20 heavy (non-hydrogen) atoms. The lowest BCUT2D eigenvalue weighted by molar-refractivity contribution is 0.102. The third-order valence-electron chi connectivity index (χ3n) is 2.36. The van der Waals surface area contributed by atoms with Gasteiger partial charge in [-0.15, -0.1) is 10.2 Å². The van der Waals surface area contributed by atoms with Crippen molar-refractivity contribution >= 4 is 44.0 Å². The van der Waals surface area contributed by atoms with Gasteiger partial charge in [0, 0.05) is 11.0 Å². The number of nitrogens with one attached hydrogen (secondary N) is 2. The highest BCUT2D eigenvalue weighted by Gasteiger charge is 2.15. The smallest absolute Gasteiger partial charge is 0.286 e. The first-order valence-corrected chi connectivity index (χ1v) is 7.47. The number of methoxy groups -OCH3 is 1. The molecule has 1 aromatic carbocycles. The number of rotatable bonds is 5. The van der Waals surface area contributed by atoms with E-state index in [1.807, 2.05) is 13.0 Å². The number of halogens is 1. The van der Waals surface area contributed by atoms with Gasteiger partial charge in [-0.1, -0.05) is 27.3 Å². The third-order valence-corrected chi connectivity index (χ3v) is 3.73. The highest BCUT2D eigenvalue weighted by molar-refractivity contribution is 9.10. The number of amides is 1. The molecule has 2 rings (SSSR count). The average molecular weight is 357 g/mol. The Kier molecular flexibility index (Phi) is 4.91. The van der Waals surface area contributed by atoms with Gasteiger partial charge in [0.25, 0.3) is 5.91 Å². The van der Waals surface area contributed by atoms with Gasteiger partial charge in [-0.3, -0.25) is 4.79 Å². The zero-order valence-corrected chi connectivity index (χ0v) is 13.3. The van der Waals surface area contributed by atoms with E-state index in [4.69, 9.17) is 4.74 Å². The van der Waals surface area contributed by atoms with Gasteiger partial charge in [-0.2, -0.15) is 0 Å². The molecule has 2 N–H and O–H groups in total. The van der Waals surface area contributed by atoms with Crippen molar-refractivity contribution in [3.63, 3.8) is 0 Å². The van der Waals surface area contributed by atoms with Crippen molar-refractivity contribution in [3.05, 3.63) is 27.7 Å². The number of nitrogens with zero attached hydrogens (tertiary/aromatic N) is 2. The Bertz CT molecular complexity index is 617. The summed E-state index contributed by atoms with van der Waals surface area (Å²) in [6, 6.07) is 5.37. The Labute approximate surface area is 128 Å². The van der Waals surface area contributed by atoms with Crippen LogP contribution in [-0.4, -0.2) is 29.8 Å². The Morgan fingerprint density at radius 2 is 2.25 bits per heavy atom. The summed E-state index contributed by atoms with van der Waals surface area (Å²) < 4.78 is 6.05. The number of hydrogen-bond acceptors (Lipinski definition) is 6. The monoisotopic (exact) mass is 356 g/mol. The SMILES string of the molecule is CCNc1nnc(C(=O)Nc2cc(Br)ccc2OC)s1. The first-order valence-electron chi connectivity index (χ1n) is 5.86. The minimum Gasteiger partial charge on any atom is -0.495 e. The van der Waals surface area contributed by atoms with Crippen molar-refractivity contribution in [2.24, 2.45) is 0 Å². The number of benzene rings is 1. The van der Waals surface area contributed by atoms with Crippen LogP contribution in [0.5, 0.6) is 5.75 Å². The van der Waals surface area contributed by atoms with Crippen LogP contribution in [0.25, 0.3) is 0 Å². The maximum absolute atomic E-state index is 12.1. The van der Waals surface area contributed by atoms with Crippen LogP contribution in [0.4, 0.5) is 10.8 Å². The number of ether oxygens (including phenoxy) is 1. The van der Waals surface area contributed by atoms with E-state index in [0.29, 0.717) is 21.6 Å². The van der Waals surface area contributed by atoms with Crippen LogP contribution in [-0.2, 0) is 0 Å². The minimum absolute atomic E-state index is 0.294. The fraction of sp³-hybridized carbons (Fsp3) is 0.250. The molecule has 0 unspecified atom stereocenters. The van der Waals surface area contributed by atoms with E-state index in [9.17, 15) is 4.79 Å². The maximum atomic E-state index is 12.1. The summed E-state index contributed by atoms with van der Waals surface area (Å²) >= 11 is 4.56. The summed E-state index contributed by atoms with van der Waals surface area (Å²) in [7, 11) is 1.55. The molecule has 1 heterocycles. The predicted molar refractivity (Wildman–Crippen MR) is 82.7 cm³/mol. The summed E-state index contributed by atoms with van der Waals surface area (Å²) in [5.41, 5.74) is 0.576. The molecule has 8 heteroatoms. The number of carbonyl (C=O) groups excluding carboxylic acids is 1. The number of aromatic nitrogens is 2. The van der Waals surface area contributed by atoms with Crippen molar-refractivity contribution in [2.45, 2.75) is 6.92 Å². The van der Waals surface area contributed by atoms with E-state index in [1.165, 1.54) is 11.3 Å². The molecule has 0 fully saturated rings. The van der Waals surface area contributed by atoms with Gasteiger partial charge in [-0.05, 0) is 25.1 Å². The predicted octanol–water partition coefficient (Wildman–Crippen LogP) is 2.99. The highest BCUT2D eigenvalue weighted by atomic mass is 79.9. The second-order valence-electron chi connectivity index (χ2n) is 3.74.